The number of hydrogen-bond donors (Lipinski definition) is 2. The zero-order valence-electron chi connectivity index (χ0n) is 18.3. The van der Waals surface area contributed by atoms with Crippen molar-refractivity contribution in [1.82, 2.24) is 25.4 Å². The maximum Gasteiger partial charge on any atom is 0.114 e. The third-order valence-corrected chi connectivity index (χ3v) is 6.66. The SMILES string of the molecule is CC1(C)CCCc2c(-c3cc4ccccc4c(-c4cc(-c5ccccc5)n[nH]4)n3)n[nH]c21. The predicted molar refractivity (Wildman–Crippen MR) is 128 cm³/mol. The van der Waals surface area contributed by atoms with Gasteiger partial charge in [-0.1, -0.05) is 68.4 Å². The normalized spacial score (nSPS) is 15.1. The largest absolute Gasteiger partial charge is 0.281 e. The topological polar surface area (TPSA) is 70.2 Å². The van der Waals surface area contributed by atoms with Crippen LogP contribution in [0.3, 0.4) is 0 Å². The smallest absolute Gasteiger partial charge is 0.114 e. The zero-order valence-corrected chi connectivity index (χ0v) is 18.3. The van der Waals surface area contributed by atoms with Gasteiger partial charge in [-0.15, -0.1) is 0 Å². The van der Waals surface area contributed by atoms with Crippen LogP contribution >= 0.6 is 0 Å². The fourth-order valence-electron chi connectivity index (χ4n) is 4.94. The van der Waals surface area contributed by atoms with Crippen molar-refractivity contribution in [2.75, 3.05) is 0 Å². The summed E-state index contributed by atoms with van der Waals surface area (Å²) in [5, 5.41) is 18.1. The van der Waals surface area contributed by atoms with E-state index in [1.165, 1.54) is 24.1 Å². The third kappa shape index (κ3) is 3.04. The van der Waals surface area contributed by atoms with Crippen molar-refractivity contribution >= 4 is 10.8 Å². The number of nitrogens with zero attached hydrogens (tertiary/aromatic N) is 3. The van der Waals surface area contributed by atoms with Crippen LogP contribution in [0.4, 0.5) is 0 Å². The molecule has 0 spiro atoms. The van der Waals surface area contributed by atoms with Gasteiger partial charge in [0.25, 0.3) is 0 Å². The highest BCUT2D eigenvalue weighted by atomic mass is 15.1. The van der Waals surface area contributed by atoms with Crippen LogP contribution in [-0.4, -0.2) is 25.4 Å². The molecule has 1 aliphatic rings. The summed E-state index contributed by atoms with van der Waals surface area (Å²) in [7, 11) is 0. The molecule has 0 amide bonds. The standard InChI is InChI=1S/C27H25N5/c1-27(2)14-8-13-20-25(31-32-26(20)27)22-15-18-11-6-7-12-19(18)24(28-22)23-16-21(29-30-23)17-9-4-3-5-10-17/h3-7,9-12,15-16H,8,13-14H2,1-2H3,(H,29,30)(H,31,32). The molecule has 0 saturated carbocycles. The molecular weight excluding hydrogens is 394 g/mol. The van der Waals surface area contributed by atoms with Crippen LogP contribution in [0.1, 0.15) is 37.9 Å². The number of nitrogens with one attached hydrogen (secondary N) is 2. The Kier molecular flexibility index (Phi) is 4.25. The summed E-state index contributed by atoms with van der Waals surface area (Å²) in [6.45, 7) is 4.59. The van der Waals surface area contributed by atoms with E-state index in [2.05, 4.69) is 77.7 Å². The van der Waals surface area contributed by atoms with Gasteiger partial charge in [0.1, 0.15) is 5.69 Å². The second kappa shape index (κ2) is 7.16. The maximum atomic E-state index is 5.12. The van der Waals surface area contributed by atoms with E-state index in [9.17, 15) is 0 Å². The zero-order chi connectivity index (χ0) is 21.7. The van der Waals surface area contributed by atoms with E-state index in [1.54, 1.807) is 0 Å². The fraction of sp³-hybridized carbons (Fsp3) is 0.222. The van der Waals surface area contributed by atoms with Crippen molar-refractivity contribution in [3.05, 3.63) is 78.0 Å². The Hall–Kier alpha value is -3.73. The molecular formula is C27H25N5. The molecule has 5 aromatic rings. The van der Waals surface area contributed by atoms with E-state index in [-0.39, 0.29) is 5.41 Å². The van der Waals surface area contributed by atoms with E-state index in [1.807, 2.05) is 18.2 Å². The molecule has 0 fully saturated rings. The highest BCUT2D eigenvalue weighted by Crippen LogP contribution is 2.40. The molecule has 3 heterocycles. The monoisotopic (exact) mass is 419 g/mol. The second-order valence-electron chi connectivity index (χ2n) is 9.27. The molecule has 0 radical (unpaired) electrons. The second-order valence-corrected chi connectivity index (χ2v) is 9.27. The molecule has 2 N–H and O–H groups in total. The summed E-state index contributed by atoms with van der Waals surface area (Å²) < 4.78 is 0. The number of fused-ring (bicyclic) bond motifs is 2. The Morgan fingerprint density at radius 3 is 2.50 bits per heavy atom. The first-order valence-electron chi connectivity index (χ1n) is 11.2. The number of aromatic nitrogens is 5. The first kappa shape index (κ1) is 19.0. The highest BCUT2D eigenvalue weighted by molar-refractivity contribution is 5.96. The van der Waals surface area contributed by atoms with Gasteiger partial charge in [0, 0.05) is 27.6 Å². The van der Waals surface area contributed by atoms with E-state index in [0.29, 0.717) is 0 Å². The summed E-state index contributed by atoms with van der Waals surface area (Å²) in [5.74, 6) is 0. The van der Waals surface area contributed by atoms with Gasteiger partial charge in [-0.25, -0.2) is 4.98 Å². The van der Waals surface area contributed by atoms with Gasteiger partial charge in [0.05, 0.1) is 22.8 Å². The minimum Gasteiger partial charge on any atom is -0.281 e. The van der Waals surface area contributed by atoms with Gasteiger partial charge in [-0.3, -0.25) is 10.2 Å². The van der Waals surface area contributed by atoms with Crippen LogP contribution in [0, 0.1) is 0 Å². The molecule has 1 aliphatic carbocycles. The van der Waals surface area contributed by atoms with Crippen LogP contribution in [0.15, 0.2) is 66.7 Å². The van der Waals surface area contributed by atoms with E-state index < -0.39 is 0 Å². The number of H-pyrrole nitrogens is 2. The minimum atomic E-state index is 0.118. The van der Waals surface area contributed by atoms with Crippen molar-refractivity contribution < 1.29 is 0 Å². The van der Waals surface area contributed by atoms with Gasteiger partial charge in [-0.2, -0.15) is 10.2 Å². The van der Waals surface area contributed by atoms with Crippen molar-refractivity contribution in [1.29, 1.82) is 0 Å². The quantitative estimate of drug-likeness (QED) is 0.361. The minimum absolute atomic E-state index is 0.118. The molecule has 2 aromatic carbocycles. The van der Waals surface area contributed by atoms with Crippen LogP contribution in [0.5, 0.6) is 0 Å². The van der Waals surface area contributed by atoms with Gasteiger partial charge in [-0.05, 0) is 36.8 Å². The van der Waals surface area contributed by atoms with Crippen LogP contribution in [-0.2, 0) is 11.8 Å². The van der Waals surface area contributed by atoms with E-state index in [4.69, 9.17) is 10.1 Å². The molecule has 5 heteroatoms. The number of rotatable bonds is 3. The number of aromatic amines is 2. The van der Waals surface area contributed by atoms with Gasteiger partial charge in [0.15, 0.2) is 0 Å². The number of benzene rings is 2. The van der Waals surface area contributed by atoms with Crippen LogP contribution in [0.25, 0.3) is 44.8 Å². The van der Waals surface area contributed by atoms with Gasteiger partial charge in [0.2, 0.25) is 0 Å². The van der Waals surface area contributed by atoms with E-state index in [0.717, 1.165) is 51.2 Å². The Morgan fingerprint density at radius 2 is 1.62 bits per heavy atom. The summed E-state index contributed by atoms with van der Waals surface area (Å²) in [6.07, 6.45) is 3.39. The summed E-state index contributed by atoms with van der Waals surface area (Å²) in [6, 6.07) is 22.8. The molecule has 0 saturated heterocycles. The molecule has 0 atom stereocenters. The van der Waals surface area contributed by atoms with Crippen molar-refractivity contribution in [3.63, 3.8) is 0 Å². The molecule has 0 bridgehead atoms. The van der Waals surface area contributed by atoms with Crippen LogP contribution < -0.4 is 0 Å². The molecule has 32 heavy (non-hydrogen) atoms. The van der Waals surface area contributed by atoms with E-state index >= 15 is 0 Å². The average molecular weight is 420 g/mol. The predicted octanol–water partition coefficient (Wildman–Crippen LogP) is 6.30. The number of pyridine rings is 1. The maximum absolute atomic E-state index is 5.12. The Morgan fingerprint density at radius 1 is 0.812 bits per heavy atom. The lowest BCUT2D eigenvalue weighted by molar-refractivity contribution is 0.420. The Labute approximate surface area is 186 Å². The molecule has 5 nitrogen and oxygen atoms in total. The van der Waals surface area contributed by atoms with Crippen molar-refractivity contribution in [3.8, 4) is 34.0 Å². The fourth-order valence-corrected chi connectivity index (χ4v) is 4.94. The first-order chi connectivity index (χ1) is 15.6. The van der Waals surface area contributed by atoms with Gasteiger partial charge >= 0.3 is 0 Å². The molecule has 0 unspecified atom stereocenters. The Bertz CT molecular complexity index is 1430. The summed E-state index contributed by atoms with van der Waals surface area (Å²) >= 11 is 0. The summed E-state index contributed by atoms with van der Waals surface area (Å²) in [5.41, 5.74) is 8.37. The summed E-state index contributed by atoms with van der Waals surface area (Å²) in [4.78, 5) is 5.12. The third-order valence-electron chi connectivity index (χ3n) is 6.66. The molecule has 0 aliphatic heterocycles. The van der Waals surface area contributed by atoms with Crippen LogP contribution in [0.2, 0.25) is 0 Å². The molecule has 158 valence electrons. The molecule has 6 rings (SSSR count). The lowest BCUT2D eigenvalue weighted by Crippen LogP contribution is -2.23. The lowest BCUT2D eigenvalue weighted by Gasteiger charge is -2.29. The lowest BCUT2D eigenvalue weighted by atomic mass is 9.76. The average Bonchev–Trinajstić information content (AvgIpc) is 3.47. The Balaban J connectivity index is 1.52. The van der Waals surface area contributed by atoms with Gasteiger partial charge < -0.3 is 0 Å². The number of hydrogen-bond acceptors (Lipinski definition) is 3. The first-order valence-corrected chi connectivity index (χ1v) is 11.2. The molecule has 3 aromatic heterocycles. The highest BCUT2D eigenvalue weighted by Gasteiger charge is 2.32. The van der Waals surface area contributed by atoms with Crippen molar-refractivity contribution in [2.45, 2.75) is 38.5 Å². The van der Waals surface area contributed by atoms with Crippen molar-refractivity contribution in [2.24, 2.45) is 0 Å².